The molecule has 17 heteroatoms. The van der Waals surface area contributed by atoms with Gasteiger partial charge in [-0.2, -0.15) is 0 Å². The monoisotopic (exact) mass is 537 g/mol. The SMILES string of the molecule is CO/N=C(\C(=O)N[C@@H]1C(=O)N2C(C(=O)O)=C(CSc3cnns3)CS[C@H]12)c1csc(N)n1.[NaH]. The van der Waals surface area contributed by atoms with E-state index in [1.165, 1.54) is 47.1 Å². The number of hydrogen-bond donors (Lipinski definition) is 3. The molecule has 0 bridgehead atoms. The molecule has 2 aliphatic heterocycles. The number of thiazole rings is 1. The van der Waals surface area contributed by atoms with Crippen molar-refractivity contribution in [2.24, 2.45) is 5.16 Å². The Balaban J connectivity index is 0.00000306. The molecule has 0 unspecified atom stereocenters. The molecule has 0 saturated carbocycles. The number of nitrogens with zero attached hydrogens (tertiary/aromatic N) is 5. The van der Waals surface area contributed by atoms with Crippen LogP contribution in [-0.2, 0) is 19.2 Å². The maximum atomic E-state index is 12.8. The first-order chi connectivity index (χ1) is 15.4. The number of anilines is 1. The summed E-state index contributed by atoms with van der Waals surface area (Å²) in [4.78, 5) is 47.5. The summed E-state index contributed by atoms with van der Waals surface area (Å²) < 4.78 is 4.63. The predicted octanol–water partition coefficient (Wildman–Crippen LogP) is -0.190. The fourth-order valence-electron chi connectivity index (χ4n) is 3.08. The zero-order chi connectivity index (χ0) is 22.8. The van der Waals surface area contributed by atoms with Crippen LogP contribution in [0.5, 0.6) is 0 Å². The zero-order valence-electron chi connectivity index (χ0n) is 16.3. The van der Waals surface area contributed by atoms with Crippen molar-refractivity contribution in [2.75, 3.05) is 24.3 Å². The molecule has 12 nitrogen and oxygen atoms in total. The molecule has 170 valence electrons. The molecule has 4 heterocycles. The molecule has 4 rings (SSSR count). The van der Waals surface area contributed by atoms with E-state index in [1.807, 2.05) is 0 Å². The Labute approximate surface area is 225 Å². The van der Waals surface area contributed by atoms with E-state index in [4.69, 9.17) is 10.6 Å². The van der Waals surface area contributed by atoms with Gasteiger partial charge in [0.15, 0.2) is 10.8 Å². The number of β-lactam (4-membered cyclic amide) rings is 1. The predicted molar refractivity (Wildman–Crippen MR) is 128 cm³/mol. The van der Waals surface area contributed by atoms with Crippen LogP contribution in [0.1, 0.15) is 5.69 Å². The zero-order valence-corrected chi connectivity index (χ0v) is 19.5. The summed E-state index contributed by atoms with van der Waals surface area (Å²) in [6, 6.07) is -0.903. The summed E-state index contributed by atoms with van der Waals surface area (Å²) in [6.07, 6.45) is 1.60. The van der Waals surface area contributed by atoms with Crippen molar-refractivity contribution in [2.45, 2.75) is 15.6 Å². The molecule has 0 radical (unpaired) electrons. The molecule has 33 heavy (non-hydrogen) atoms. The number of thioether (sulfide) groups is 2. The van der Waals surface area contributed by atoms with Gasteiger partial charge in [0, 0.05) is 16.9 Å². The Hall–Kier alpha value is -1.69. The molecule has 0 aromatic carbocycles. The van der Waals surface area contributed by atoms with Crippen LogP contribution in [0, 0.1) is 0 Å². The number of hydrogen-bond acceptors (Lipinski definition) is 13. The third-order valence-electron chi connectivity index (χ3n) is 4.43. The fourth-order valence-corrected chi connectivity index (χ4v) is 6.53. The van der Waals surface area contributed by atoms with E-state index in [9.17, 15) is 19.5 Å². The number of carboxylic acid groups (broad SMARTS) is 1. The number of nitrogen functional groups attached to an aromatic ring is 1. The summed E-state index contributed by atoms with van der Waals surface area (Å²) in [5.74, 6) is -1.57. The van der Waals surface area contributed by atoms with E-state index in [-0.39, 0.29) is 51.8 Å². The third kappa shape index (κ3) is 5.36. The van der Waals surface area contributed by atoms with Crippen molar-refractivity contribution in [1.29, 1.82) is 0 Å². The molecule has 2 atom stereocenters. The number of carbonyl (C=O) groups is 3. The summed E-state index contributed by atoms with van der Waals surface area (Å²) in [6.45, 7) is 0. The van der Waals surface area contributed by atoms with E-state index in [1.54, 1.807) is 11.6 Å². The number of aromatic nitrogens is 3. The minimum absolute atomic E-state index is 0. The van der Waals surface area contributed by atoms with E-state index in [2.05, 4.69) is 25.0 Å². The van der Waals surface area contributed by atoms with Gasteiger partial charge in [-0.25, -0.2) is 9.78 Å². The Morgan fingerprint density at radius 2 is 2.27 bits per heavy atom. The topological polar surface area (TPSA) is 173 Å². The van der Waals surface area contributed by atoms with Crippen molar-refractivity contribution in [1.82, 2.24) is 24.8 Å². The van der Waals surface area contributed by atoms with Crippen LogP contribution in [-0.4, -0.2) is 108 Å². The number of nitrogens with one attached hydrogen (secondary N) is 1. The number of fused-ring (bicyclic) bond motifs is 1. The first-order valence-electron chi connectivity index (χ1n) is 8.84. The van der Waals surface area contributed by atoms with Crippen molar-refractivity contribution in [3.8, 4) is 0 Å². The summed E-state index contributed by atoms with van der Waals surface area (Å²) in [5, 5.41) is 21.1. The molecule has 1 fully saturated rings. The number of carboxylic acids is 1. The Kier molecular flexibility index (Phi) is 8.76. The van der Waals surface area contributed by atoms with Gasteiger partial charge in [-0.05, 0) is 17.1 Å². The van der Waals surface area contributed by atoms with Gasteiger partial charge in [-0.15, -0.1) is 40.0 Å². The molecule has 0 spiro atoms. The Morgan fingerprint density at radius 1 is 1.48 bits per heavy atom. The van der Waals surface area contributed by atoms with Crippen LogP contribution in [0.2, 0.25) is 0 Å². The quantitative estimate of drug-likeness (QED) is 0.134. The minimum atomic E-state index is -1.19. The van der Waals surface area contributed by atoms with Gasteiger partial charge >= 0.3 is 35.5 Å². The van der Waals surface area contributed by atoms with Crippen LogP contribution >= 0.6 is 46.4 Å². The van der Waals surface area contributed by atoms with Crippen molar-refractivity contribution >= 4 is 105 Å². The first-order valence-corrected chi connectivity index (χ1v) is 12.5. The summed E-state index contributed by atoms with van der Waals surface area (Å²) in [5.41, 5.74) is 6.28. The van der Waals surface area contributed by atoms with Crippen molar-refractivity contribution in [3.05, 3.63) is 28.5 Å². The Bertz CT molecular complexity index is 1120. The number of carbonyl (C=O) groups excluding carboxylic acids is 2. The third-order valence-corrected chi connectivity index (χ3v) is 8.36. The molecular weight excluding hydrogens is 521 g/mol. The molecule has 2 amide bonds. The average molecular weight is 538 g/mol. The maximum absolute atomic E-state index is 12.8. The van der Waals surface area contributed by atoms with Crippen LogP contribution in [0.3, 0.4) is 0 Å². The summed E-state index contributed by atoms with van der Waals surface area (Å²) in [7, 11) is 1.28. The van der Waals surface area contributed by atoms with Gasteiger partial charge in [-0.1, -0.05) is 9.64 Å². The van der Waals surface area contributed by atoms with Gasteiger partial charge in [0.05, 0.1) is 6.20 Å². The molecule has 2 aromatic heterocycles. The number of rotatable bonds is 8. The molecular formula is C16H16N7NaO5S4. The van der Waals surface area contributed by atoms with Crippen LogP contribution in [0.4, 0.5) is 5.13 Å². The van der Waals surface area contributed by atoms with Crippen molar-refractivity contribution < 1.29 is 24.3 Å². The van der Waals surface area contributed by atoms with Gasteiger partial charge in [0.25, 0.3) is 11.8 Å². The van der Waals surface area contributed by atoms with Gasteiger partial charge in [-0.3, -0.25) is 14.5 Å². The number of oxime groups is 1. The first kappa shape index (κ1) is 25.9. The van der Waals surface area contributed by atoms with Crippen LogP contribution in [0.15, 0.2) is 32.2 Å². The average Bonchev–Trinajstić information content (AvgIpc) is 3.45. The second-order valence-corrected chi connectivity index (χ2v) is 10.4. The van der Waals surface area contributed by atoms with Crippen molar-refractivity contribution in [3.63, 3.8) is 0 Å². The standard InChI is InChI=1S/C16H15N7O5S4.Na.H/c1-28-21-9(7-5-31-16(17)19-7)12(24)20-10-13(25)23-11(15(26)27)6(4-30-14(10)23)3-29-8-2-18-22-32-8;;/h2,5,10,14H,3-4H2,1H3,(H2,17,19)(H,20,24)(H,26,27);;/b21-9-;;/t10-,14-;;/m1../s1. The van der Waals surface area contributed by atoms with E-state index >= 15 is 0 Å². The fraction of sp³-hybridized carbons (Fsp3) is 0.312. The summed E-state index contributed by atoms with van der Waals surface area (Å²) >= 11 is 5.14. The second-order valence-electron chi connectivity index (χ2n) is 6.34. The van der Waals surface area contributed by atoms with E-state index < -0.39 is 29.2 Å². The molecule has 2 aromatic rings. The normalized spacial score (nSPS) is 20.0. The van der Waals surface area contributed by atoms with Gasteiger partial charge in [0.2, 0.25) is 0 Å². The molecule has 2 aliphatic rings. The number of nitrogens with two attached hydrogens (primary N) is 1. The van der Waals surface area contributed by atoms with E-state index in [0.717, 1.165) is 15.5 Å². The molecule has 1 saturated heterocycles. The molecule has 0 aliphatic carbocycles. The van der Waals surface area contributed by atoms with Crippen LogP contribution < -0.4 is 11.1 Å². The van der Waals surface area contributed by atoms with Crippen LogP contribution in [0.25, 0.3) is 0 Å². The molecule has 4 N–H and O–H groups in total. The number of amides is 2. The number of aliphatic carboxylic acids is 1. The van der Waals surface area contributed by atoms with Gasteiger partial charge < -0.3 is 21.0 Å². The second kappa shape index (κ2) is 11.2. The van der Waals surface area contributed by atoms with E-state index in [0.29, 0.717) is 17.1 Å². The van der Waals surface area contributed by atoms with Gasteiger partial charge in [0.1, 0.15) is 34.1 Å². The Morgan fingerprint density at radius 3 is 2.88 bits per heavy atom.